The minimum Gasteiger partial charge on any atom is -0.324 e. The van der Waals surface area contributed by atoms with E-state index in [1.807, 2.05) is 4.57 Å². The Bertz CT molecular complexity index is 806. The molecule has 0 spiro atoms. The van der Waals surface area contributed by atoms with E-state index in [0.29, 0.717) is 40.1 Å². The Labute approximate surface area is 135 Å². The van der Waals surface area contributed by atoms with Gasteiger partial charge in [0, 0.05) is 18.4 Å². The number of fused-ring (bicyclic) bond motifs is 1. The zero-order chi connectivity index (χ0) is 15.2. The molecule has 1 aromatic carbocycles. The van der Waals surface area contributed by atoms with Crippen molar-refractivity contribution in [3.8, 4) is 0 Å². The number of hydrogen-bond acceptors (Lipinski definition) is 3. The Hall–Kier alpha value is -0.660. The van der Waals surface area contributed by atoms with Gasteiger partial charge in [-0.2, -0.15) is 0 Å². The molecule has 0 saturated carbocycles. The molecule has 0 radical (unpaired) electrons. The first-order valence-electron chi connectivity index (χ1n) is 6.53. The van der Waals surface area contributed by atoms with Crippen LogP contribution < -0.4 is 0 Å². The van der Waals surface area contributed by atoms with Crippen molar-refractivity contribution in [2.24, 2.45) is 0 Å². The fraction of sp³-hybridized carbons (Fsp3) is 0.462. The van der Waals surface area contributed by atoms with E-state index in [0.717, 1.165) is 0 Å². The number of hydrogen-bond donors (Lipinski definition) is 0. The van der Waals surface area contributed by atoms with Crippen molar-refractivity contribution in [1.29, 1.82) is 0 Å². The van der Waals surface area contributed by atoms with E-state index in [-0.39, 0.29) is 23.4 Å². The van der Waals surface area contributed by atoms with Crippen LogP contribution in [0.15, 0.2) is 16.6 Å². The van der Waals surface area contributed by atoms with Crippen molar-refractivity contribution in [1.82, 2.24) is 9.55 Å². The van der Waals surface area contributed by atoms with Gasteiger partial charge < -0.3 is 4.57 Å². The summed E-state index contributed by atoms with van der Waals surface area (Å²) in [7, 11) is -3.02. The van der Waals surface area contributed by atoms with Crippen LogP contribution in [0.1, 0.15) is 18.3 Å². The van der Waals surface area contributed by atoms with Crippen LogP contribution in [0, 0.1) is 5.82 Å². The van der Waals surface area contributed by atoms with Crippen LogP contribution in [-0.4, -0.2) is 35.4 Å². The number of aromatic nitrogens is 2. The van der Waals surface area contributed by atoms with Crippen LogP contribution in [0.3, 0.4) is 0 Å². The quantitative estimate of drug-likeness (QED) is 0.751. The number of alkyl halides is 1. The molecule has 1 unspecified atom stereocenters. The van der Waals surface area contributed by atoms with E-state index in [2.05, 4.69) is 20.9 Å². The zero-order valence-electron chi connectivity index (χ0n) is 11.0. The summed E-state index contributed by atoms with van der Waals surface area (Å²) in [6.07, 6.45) is 1.05. The minimum atomic E-state index is -3.02. The van der Waals surface area contributed by atoms with Crippen molar-refractivity contribution in [2.45, 2.75) is 18.9 Å². The van der Waals surface area contributed by atoms with E-state index in [1.165, 1.54) is 6.07 Å². The lowest BCUT2D eigenvalue weighted by atomic mass is 10.2. The van der Waals surface area contributed by atoms with Crippen molar-refractivity contribution in [3.05, 3.63) is 28.2 Å². The molecular formula is C13H13BrClFN2O2S. The smallest absolute Gasteiger partial charge is 0.152 e. The van der Waals surface area contributed by atoms with Gasteiger partial charge in [0.25, 0.3) is 0 Å². The summed E-state index contributed by atoms with van der Waals surface area (Å²) in [4.78, 5) is 4.48. The Kier molecular flexibility index (Phi) is 4.00. The van der Waals surface area contributed by atoms with Gasteiger partial charge in [-0.3, -0.25) is 0 Å². The first-order valence-corrected chi connectivity index (χ1v) is 9.68. The van der Waals surface area contributed by atoms with Gasteiger partial charge in [-0.25, -0.2) is 17.8 Å². The second kappa shape index (κ2) is 5.52. The molecule has 1 saturated heterocycles. The van der Waals surface area contributed by atoms with Crippen molar-refractivity contribution in [3.63, 3.8) is 0 Å². The van der Waals surface area contributed by atoms with E-state index >= 15 is 0 Å². The Morgan fingerprint density at radius 3 is 2.86 bits per heavy atom. The van der Waals surface area contributed by atoms with Gasteiger partial charge in [0.1, 0.15) is 11.6 Å². The number of imidazole rings is 1. The average molecular weight is 396 g/mol. The summed E-state index contributed by atoms with van der Waals surface area (Å²) in [5.41, 5.74) is 1.27. The molecule has 21 heavy (non-hydrogen) atoms. The summed E-state index contributed by atoms with van der Waals surface area (Å²) in [6, 6.07) is 2.82. The predicted octanol–water partition coefficient (Wildman–Crippen LogP) is 3.08. The molecule has 2 heterocycles. The van der Waals surface area contributed by atoms with Gasteiger partial charge in [-0.15, -0.1) is 11.6 Å². The summed E-state index contributed by atoms with van der Waals surface area (Å²) in [6.45, 7) is 0. The van der Waals surface area contributed by atoms with Gasteiger partial charge >= 0.3 is 0 Å². The molecule has 2 aromatic rings. The molecule has 0 aliphatic carbocycles. The van der Waals surface area contributed by atoms with Gasteiger partial charge in [-0.05, 0) is 28.4 Å². The minimum absolute atomic E-state index is 0.0748. The van der Waals surface area contributed by atoms with Crippen LogP contribution in [0.4, 0.5) is 4.39 Å². The Morgan fingerprint density at radius 2 is 2.24 bits per heavy atom. The lowest BCUT2D eigenvalue weighted by Gasteiger charge is -2.15. The molecule has 1 aliphatic rings. The maximum absolute atomic E-state index is 13.8. The van der Waals surface area contributed by atoms with Crippen LogP contribution in [-0.2, 0) is 16.3 Å². The predicted molar refractivity (Wildman–Crippen MR) is 84.1 cm³/mol. The number of aryl methyl sites for hydroxylation is 1. The van der Waals surface area contributed by atoms with E-state index in [9.17, 15) is 12.8 Å². The van der Waals surface area contributed by atoms with Gasteiger partial charge in [0.05, 0.1) is 33.1 Å². The van der Waals surface area contributed by atoms with E-state index < -0.39 is 9.84 Å². The number of rotatable bonds is 3. The molecular weight excluding hydrogens is 383 g/mol. The van der Waals surface area contributed by atoms with E-state index in [4.69, 9.17) is 11.6 Å². The molecule has 8 heteroatoms. The molecule has 1 aliphatic heterocycles. The summed E-state index contributed by atoms with van der Waals surface area (Å²) in [5.74, 6) is 0.940. The third-order valence-electron chi connectivity index (χ3n) is 3.70. The molecule has 0 N–H and O–H groups in total. The van der Waals surface area contributed by atoms with Gasteiger partial charge in [-0.1, -0.05) is 0 Å². The number of sulfone groups is 1. The lowest BCUT2D eigenvalue weighted by Crippen LogP contribution is -2.14. The maximum atomic E-state index is 13.8. The zero-order valence-corrected chi connectivity index (χ0v) is 14.2. The first-order chi connectivity index (χ1) is 9.91. The Morgan fingerprint density at radius 1 is 1.48 bits per heavy atom. The number of halogens is 3. The largest absolute Gasteiger partial charge is 0.324 e. The molecule has 1 aromatic heterocycles. The van der Waals surface area contributed by atoms with Gasteiger partial charge in [0.15, 0.2) is 9.84 Å². The molecule has 0 amide bonds. The third-order valence-corrected chi connectivity index (χ3v) is 6.24. The second-order valence-electron chi connectivity index (χ2n) is 5.15. The molecule has 1 atom stereocenters. The second-order valence-corrected chi connectivity index (χ2v) is 8.61. The van der Waals surface area contributed by atoms with Gasteiger partial charge in [0.2, 0.25) is 0 Å². The number of nitrogens with zero attached hydrogens (tertiary/aromatic N) is 2. The van der Waals surface area contributed by atoms with Crippen LogP contribution in [0.25, 0.3) is 11.0 Å². The monoisotopic (exact) mass is 394 g/mol. The summed E-state index contributed by atoms with van der Waals surface area (Å²) in [5, 5.41) is 0. The normalized spacial score (nSPS) is 21.2. The van der Waals surface area contributed by atoms with Crippen molar-refractivity contribution in [2.75, 3.05) is 17.4 Å². The van der Waals surface area contributed by atoms with Crippen LogP contribution in [0.2, 0.25) is 0 Å². The highest BCUT2D eigenvalue weighted by Gasteiger charge is 2.31. The highest BCUT2D eigenvalue weighted by atomic mass is 79.9. The fourth-order valence-electron chi connectivity index (χ4n) is 2.79. The average Bonchev–Trinajstić information content (AvgIpc) is 2.91. The molecule has 4 nitrogen and oxygen atoms in total. The fourth-order valence-corrected chi connectivity index (χ4v) is 4.99. The third kappa shape index (κ3) is 2.83. The van der Waals surface area contributed by atoms with Crippen LogP contribution in [0.5, 0.6) is 0 Å². The molecule has 0 bridgehead atoms. The van der Waals surface area contributed by atoms with Crippen molar-refractivity contribution >= 4 is 48.4 Å². The van der Waals surface area contributed by atoms with Crippen molar-refractivity contribution < 1.29 is 12.8 Å². The molecule has 1 fully saturated rings. The SMILES string of the molecule is O=S1(=O)CCC(n2c(CCCl)nc3cc(Br)c(F)cc32)C1. The molecule has 114 valence electrons. The first kappa shape index (κ1) is 15.2. The Balaban J connectivity index is 2.18. The number of benzene rings is 1. The highest BCUT2D eigenvalue weighted by molar-refractivity contribution is 9.10. The standard InChI is InChI=1S/C13H13BrClFN2O2S/c14-9-5-11-12(6-10(9)16)18(13(17-11)1-3-15)8-2-4-21(19,20)7-8/h5-6,8H,1-4,7H2. The van der Waals surface area contributed by atoms with E-state index in [1.54, 1.807) is 6.07 Å². The lowest BCUT2D eigenvalue weighted by molar-refractivity contribution is 0.546. The molecule has 3 rings (SSSR count). The summed E-state index contributed by atoms with van der Waals surface area (Å²) >= 11 is 8.95. The summed E-state index contributed by atoms with van der Waals surface area (Å²) < 4.78 is 39.5. The highest BCUT2D eigenvalue weighted by Crippen LogP contribution is 2.32. The maximum Gasteiger partial charge on any atom is 0.152 e. The van der Waals surface area contributed by atoms with Crippen LogP contribution >= 0.6 is 27.5 Å². The topological polar surface area (TPSA) is 52.0 Å².